The van der Waals surface area contributed by atoms with Crippen molar-refractivity contribution in [1.29, 1.82) is 0 Å². The summed E-state index contributed by atoms with van der Waals surface area (Å²) in [5.74, 6) is -1.25. The molecule has 122 valence electrons. The van der Waals surface area contributed by atoms with Gasteiger partial charge in [0.25, 0.3) is 0 Å². The fourth-order valence-corrected chi connectivity index (χ4v) is 3.37. The van der Waals surface area contributed by atoms with Crippen LogP contribution >= 0.6 is 0 Å². The second-order valence-corrected chi connectivity index (χ2v) is 7.50. The zero-order valence-corrected chi connectivity index (χ0v) is 12.4. The third-order valence-electron chi connectivity index (χ3n) is 3.78. The molecule has 2 aliphatic rings. The molecule has 7 nitrogen and oxygen atoms in total. The van der Waals surface area contributed by atoms with E-state index < -0.39 is 52.3 Å². The Labute approximate surface area is 122 Å². The molecule has 2 fully saturated rings. The molecule has 0 spiro atoms. The van der Waals surface area contributed by atoms with E-state index >= 15 is 0 Å². The van der Waals surface area contributed by atoms with E-state index in [1.165, 1.54) is 6.92 Å². The monoisotopic (exact) mass is 325 g/mol. The number of carbonyl (C=O) groups excluding carboxylic acids is 1. The quantitative estimate of drug-likeness (QED) is 0.602. The molecule has 0 aromatic heterocycles. The average Bonchev–Trinajstić information content (AvgIpc) is 3.23. The predicted molar refractivity (Wildman–Crippen MR) is 70.5 cm³/mol. The zero-order chi connectivity index (χ0) is 15.8. The molecular formula is C12H20FNO6S. The van der Waals surface area contributed by atoms with Gasteiger partial charge in [-0.15, -0.1) is 0 Å². The molecule has 1 amide bonds. The minimum atomic E-state index is -3.85. The van der Waals surface area contributed by atoms with Crippen LogP contribution in [0.1, 0.15) is 26.2 Å². The smallest absolute Gasteiger partial charge is 0.236 e. The number of rotatable bonds is 5. The van der Waals surface area contributed by atoms with Crippen LogP contribution in [0.3, 0.4) is 0 Å². The highest BCUT2D eigenvalue weighted by Crippen LogP contribution is 2.29. The minimum absolute atomic E-state index is 0.206. The Kier molecular flexibility index (Phi) is 4.86. The molecule has 0 aromatic carbocycles. The number of hydrogen-bond donors (Lipinski definition) is 3. The topological polar surface area (TPSA) is 113 Å². The highest BCUT2D eigenvalue weighted by Gasteiger charge is 2.43. The molecule has 5 atom stereocenters. The summed E-state index contributed by atoms with van der Waals surface area (Å²) < 4.78 is 44.4. The predicted octanol–water partition coefficient (Wildman–Crippen LogP) is -0.920. The van der Waals surface area contributed by atoms with Crippen LogP contribution in [0, 0.1) is 5.92 Å². The maximum Gasteiger partial charge on any atom is 0.236 e. The molecule has 1 aliphatic heterocycles. The van der Waals surface area contributed by atoms with E-state index in [1.54, 1.807) is 0 Å². The van der Waals surface area contributed by atoms with E-state index in [0.29, 0.717) is 12.8 Å². The minimum Gasteiger partial charge on any atom is -0.388 e. The number of amides is 1. The van der Waals surface area contributed by atoms with E-state index in [0.717, 1.165) is 0 Å². The molecule has 1 saturated carbocycles. The van der Waals surface area contributed by atoms with E-state index in [1.807, 2.05) is 4.72 Å². The van der Waals surface area contributed by atoms with Crippen molar-refractivity contribution >= 4 is 15.9 Å². The van der Waals surface area contributed by atoms with Crippen molar-refractivity contribution in [3.05, 3.63) is 0 Å². The van der Waals surface area contributed by atoms with E-state index in [4.69, 9.17) is 4.74 Å². The van der Waals surface area contributed by atoms with Gasteiger partial charge in [-0.2, -0.15) is 0 Å². The Balaban J connectivity index is 1.87. The number of nitrogens with one attached hydrogen (secondary N) is 1. The fraction of sp³-hybridized carbons (Fsp3) is 0.917. The molecule has 21 heavy (non-hydrogen) atoms. The van der Waals surface area contributed by atoms with Crippen LogP contribution in [0.4, 0.5) is 4.39 Å². The van der Waals surface area contributed by atoms with Crippen LogP contribution in [0.2, 0.25) is 0 Å². The Morgan fingerprint density at radius 2 is 1.95 bits per heavy atom. The number of aliphatic hydroxyl groups is 2. The lowest BCUT2D eigenvalue weighted by Crippen LogP contribution is -2.55. The molecule has 9 heteroatoms. The van der Waals surface area contributed by atoms with Crippen molar-refractivity contribution in [1.82, 2.24) is 4.72 Å². The summed E-state index contributed by atoms with van der Waals surface area (Å²) in [5, 5.41) is 19.0. The standard InChI is InChI=1S/C12H20FNO6S/c1-6-10(15)11(16)9(13)8(20-6)4-5-21(18,19)14-12(17)7-2-3-7/h6-11,15-16H,2-5H2,1H3,(H,14,17)/t6?,8?,9?,10-,11+/m1/s1. The molecule has 1 saturated heterocycles. The molecule has 0 radical (unpaired) electrons. The van der Waals surface area contributed by atoms with Gasteiger partial charge in [-0.05, 0) is 26.2 Å². The first-order valence-corrected chi connectivity index (χ1v) is 8.56. The summed E-state index contributed by atoms with van der Waals surface area (Å²) in [6.45, 7) is 1.47. The summed E-state index contributed by atoms with van der Waals surface area (Å²) in [6.07, 6.45) is -5.59. The van der Waals surface area contributed by atoms with Gasteiger partial charge in [-0.1, -0.05) is 0 Å². The second-order valence-electron chi connectivity index (χ2n) is 5.65. The fourth-order valence-electron chi connectivity index (χ4n) is 2.25. The lowest BCUT2D eigenvalue weighted by Gasteiger charge is -2.38. The third kappa shape index (κ3) is 4.12. The highest BCUT2D eigenvalue weighted by atomic mass is 32.2. The van der Waals surface area contributed by atoms with Gasteiger partial charge in [-0.3, -0.25) is 9.52 Å². The Morgan fingerprint density at radius 3 is 2.52 bits per heavy atom. The highest BCUT2D eigenvalue weighted by molar-refractivity contribution is 7.90. The molecule has 2 rings (SSSR count). The van der Waals surface area contributed by atoms with Crippen molar-refractivity contribution < 1.29 is 32.6 Å². The van der Waals surface area contributed by atoms with E-state index in [9.17, 15) is 27.8 Å². The molecule has 0 aromatic rings. The summed E-state index contributed by atoms with van der Waals surface area (Å²) in [5.41, 5.74) is 0. The van der Waals surface area contributed by atoms with Gasteiger partial charge < -0.3 is 14.9 Å². The van der Waals surface area contributed by atoms with Crippen LogP contribution in [0.5, 0.6) is 0 Å². The maximum absolute atomic E-state index is 13.8. The largest absolute Gasteiger partial charge is 0.388 e. The first-order chi connectivity index (χ1) is 9.71. The molecular weight excluding hydrogens is 305 g/mol. The van der Waals surface area contributed by atoms with Crippen LogP contribution in [-0.4, -0.2) is 60.9 Å². The van der Waals surface area contributed by atoms with E-state index in [-0.39, 0.29) is 12.3 Å². The van der Waals surface area contributed by atoms with Crippen LogP contribution < -0.4 is 4.72 Å². The van der Waals surface area contributed by atoms with Gasteiger partial charge >= 0.3 is 0 Å². The van der Waals surface area contributed by atoms with Gasteiger partial charge in [0.1, 0.15) is 12.2 Å². The van der Waals surface area contributed by atoms with Crippen molar-refractivity contribution in [2.24, 2.45) is 5.92 Å². The van der Waals surface area contributed by atoms with Crippen molar-refractivity contribution in [2.45, 2.75) is 56.8 Å². The van der Waals surface area contributed by atoms with Crippen molar-refractivity contribution in [2.75, 3.05) is 5.75 Å². The molecule has 1 aliphatic carbocycles. The van der Waals surface area contributed by atoms with Gasteiger partial charge in [-0.25, -0.2) is 12.8 Å². The van der Waals surface area contributed by atoms with Crippen LogP contribution in [-0.2, 0) is 19.6 Å². The lowest BCUT2D eigenvalue weighted by molar-refractivity contribution is -0.198. The Hall–Kier alpha value is -0.770. The number of halogens is 1. The first-order valence-electron chi connectivity index (χ1n) is 6.91. The number of ether oxygens (including phenoxy) is 1. The van der Waals surface area contributed by atoms with Crippen molar-refractivity contribution in [3.8, 4) is 0 Å². The van der Waals surface area contributed by atoms with Crippen LogP contribution in [0.15, 0.2) is 0 Å². The van der Waals surface area contributed by atoms with Gasteiger partial charge in [0, 0.05) is 5.92 Å². The SMILES string of the molecule is CC1OC(CCS(=O)(=O)NC(=O)C2CC2)C(F)[C@H](O)[C@@H]1O. The van der Waals surface area contributed by atoms with Gasteiger partial charge in [0.05, 0.1) is 18.0 Å². The molecule has 3 N–H and O–H groups in total. The number of aliphatic hydroxyl groups excluding tert-OH is 2. The lowest BCUT2D eigenvalue weighted by atomic mass is 9.95. The van der Waals surface area contributed by atoms with Crippen LogP contribution in [0.25, 0.3) is 0 Å². The number of carbonyl (C=O) groups is 1. The zero-order valence-electron chi connectivity index (χ0n) is 11.6. The third-order valence-corrected chi connectivity index (χ3v) is 5.06. The normalized spacial score (nSPS) is 37.2. The Morgan fingerprint density at radius 1 is 1.33 bits per heavy atom. The maximum atomic E-state index is 13.8. The van der Waals surface area contributed by atoms with Crippen molar-refractivity contribution in [3.63, 3.8) is 0 Å². The molecule has 1 heterocycles. The summed E-state index contributed by atoms with van der Waals surface area (Å²) in [7, 11) is -3.85. The number of hydrogen-bond acceptors (Lipinski definition) is 6. The van der Waals surface area contributed by atoms with E-state index in [2.05, 4.69) is 0 Å². The molecule has 0 bridgehead atoms. The molecule has 3 unspecified atom stereocenters. The number of alkyl halides is 1. The van der Waals surface area contributed by atoms with Gasteiger partial charge in [0.15, 0.2) is 6.17 Å². The van der Waals surface area contributed by atoms with Gasteiger partial charge in [0.2, 0.25) is 15.9 Å². The summed E-state index contributed by atoms with van der Waals surface area (Å²) in [6, 6.07) is 0. The number of sulfonamides is 1. The summed E-state index contributed by atoms with van der Waals surface area (Å²) in [4.78, 5) is 11.4. The average molecular weight is 325 g/mol. The summed E-state index contributed by atoms with van der Waals surface area (Å²) >= 11 is 0. The second kappa shape index (κ2) is 6.15. The first kappa shape index (κ1) is 16.6. The Bertz CT molecular complexity index is 494.